The van der Waals surface area contributed by atoms with E-state index in [1.807, 2.05) is 13.8 Å². The van der Waals surface area contributed by atoms with E-state index in [1.165, 1.54) is 10.6 Å². The van der Waals surface area contributed by atoms with E-state index in [-0.39, 0.29) is 18.2 Å². The monoisotopic (exact) mass is 303 g/mol. The van der Waals surface area contributed by atoms with E-state index in [9.17, 15) is 13.9 Å². The van der Waals surface area contributed by atoms with Crippen LogP contribution in [0, 0.1) is 11.6 Å². The van der Waals surface area contributed by atoms with Crippen molar-refractivity contribution in [3.8, 4) is 5.88 Å². The Morgan fingerprint density at radius 3 is 2.64 bits per heavy atom. The summed E-state index contributed by atoms with van der Waals surface area (Å²) in [6.07, 6.45) is 1.80. The maximum absolute atomic E-state index is 13.4. The molecule has 4 nitrogen and oxygen atoms in total. The normalized spacial score (nSPS) is 11.5. The molecule has 0 aliphatic carbocycles. The van der Waals surface area contributed by atoms with Crippen molar-refractivity contribution in [1.82, 2.24) is 14.6 Å². The van der Waals surface area contributed by atoms with Gasteiger partial charge in [-0.15, -0.1) is 0 Å². The van der Waals surface area contributed by atoms with Gasteiger partial charge >= 0.3 is 0 Å². The second-order valence-electron chi connectivity index (χ2n) is 5.48. The molecule has 114 valence electrons. The van der Waals surface area contributed by atoms with Gasteiger partial charge in [-0.3, -0.25) is 0 Å². The molecule has 2 aromatic heterocycles. The van der Waals surface area contributed by atoms with E-state index in [0.29, 0.717) is 16.8 Å². The van der Waals surface area contributed by atoms with Crippen molar-refractivity contribution in [2.75, 3.05) is 0 Å². The quantitative estimate of drug-likeness (QED) is 0.806. The molecule has 0 aliphatic heterocycles. The first-order chi connectivity index (χ1) is 10.5. The molecule has 0 aliphatic rings. The maximum Gasteiger partial charge on any atom is 0.219 e. The van der Waals surface area contributed by atoms with Crippen molar-refractivity contribution in [3.05, 3.63) is 58.9 Å². The van der Waals surface area contributed by atoms with Crippen molar-refractivity contribution >= 4 is 5.65 Å². The molecular weight excluding hydrogens is 288 g/mol. The average molecular weight is 303 g/mol. The van der Waals surface area contributed by atoms with Crippen molar-refractivity contribution in [1.29, 1.82) is 0 Å². The highest BCUT2D eigenvalue weighted by molar-refractivity contribution is 5.47. The lowest BCUT2D eigenvalue weighted by molar-refractivity contribution is 0.426. The lowest BCUT2D eigenvalue weighted by atomic mass is 9.98. The predicted octanol–water partition coefficient (Wildman–Crippen LogP) is 3.43. The van der Waals surface area contributed by atoms with Gasteiger partial charge in [-0.2, -0.15) is 9.61 Å². The molecule has 3 aromatic rings. The molecule has 0 bridgehead atoms. The van der Waals surface area contributed by atoms with Crippen LogP contribution in [0.1, 0.15) is 36.6 Å². The van der Waals surface area contributed by atoms with E-state index < -0.39 is 11.6 Å². The number of aromatic hydroxyl groups is 1. The van der Waals surface area contributed by atoms with E-state index >= 15 is 0 Å². The second-order valence-corrected chi connectivity index (χ2v) is 5.48. The molecule has 3 rings (SSSR count). The molecule has 0 radical (unpaired) electrons. The molecule has 2 heterocycles. The fraction of sp³-hybridized carbons (Fsp3) is 0.250. The van der Waals surface area contributed by atoms with Gasteiger partial charge in [0.25, 0.3) is 0 Å². The molecule has 1 aromatic carbocycles. The summed E-state index contributed by atoms with van der Waals surface area (Å²) < 4.78 is 27.7. The summed E-state index contributed by atoms with van der Waals surface area (Å²) in [6, 6.07) is 5.41. The van der Waals surface area contributed by atoms with Gasteiger partial charge in [-0.1, -0.05) is 19.9 Å². The van der Waals surface area contributed by atoms with Crippen LogP contribution >= 0.6 is 0 Å². The molecule has 0 amide bonds. The largest absolute Gasteiger partial charge is 0.493 e. The van der Waals surface area contributed by atoms with E-state index in [4.69, 9.17) is 0 Å². The summed E-state index contributed by atoms with van der Waals surface area (Å²) >= 11 is 0. The lowest BCUT2D eigenvalue weighted by Crippen LogP contribution is -2.07. The van der Waals surface area contributed by atoms with Crippen LogP contribution in [-0.2, 0) is 6.42 Å². The van der Waals surface area contributed by atoms with Gasteiger partial charge in [-0.05, 0) is 23.6 Å². The minimum atomic E-state index is -0.906. The SMILES string of the molecule is CC(C)c1nc2ccnn2c(O)c1Cc1ccc(F)c(F)c1. The molecule has 0 unspecified atom stereocenters. The Morgan fingerprint density at radius 1 is 1.18 bits per heavy atom. The van der Waals surface area contributed by atoms with Gasteiger partial charge in [0.05, 0.1) is 11.9 Å². The van der Waals surface area contributed by atoms with Crippen LogP contribution in [0.15, 0.2) is 30.5 Å². The maximum atomic E-state index is 13.4. The van der Waals surface area contributed by atoms with E-state index in [0.717, 1.165) is 17.8 Å². The van der Waals surface area contributed by atoms with Crippen LogP contribution < -0.4 is 0 Å². The Labute approximate surface area is 126 Å². The van der Waals surface area contributed by atoms with Crippen LogP contribution in [0.2, 0.25) is 0 Å². The van der Waals surface area contributed by atoms with E-state index in [2.05, 4.69) is 10.1 Å². The van der Waals surface area contributed by atoms with Crippen LogP contribution in [0.4, 0.5) is 8.78 Å². The third kappa shape index (κ3) is 2.41. The van der Waals surface area contributed by atoms with Gasteiger partial charge in [0.15, 0.2) is 17.3 Å². The lowest BCUT2D eigenvalue weighted by Gasteiger charge is -2.14. The Bertz CT molecular complexity index is 843. The van der Waals surface area contributed by atoms with Gasteiger partial charge in [0.2, 0.25) is 5.88 Å². The van der Waals surface area contributed by atoms with Crippen molar-refractivity contribution < 1.29 is 13.9 Å². The molecular formula is C16H15F2N3O. The highest BCUT2D eigenvalue weighted by atomic mass is 19.2. The first-order valence-corrected chi connectivity index (χ1v) is 6.96. The Kier molecular flexibility index (Phi) is 3.52. The van der Waals surface area contributed by atoms with Crippen LogP contribution in [0.3, 0.4) is 0 Å². The van der Waals surface area contributed by atoms with Crippen LogP contribution in [-0.4, -0.2) is 19.7 Å². The fourth-order valence-corrected chi connectivity index (χ4v) is 2.48. The Balaban J connectivity index is 2.13. The van der Waals surface area contributed by atoms with Gasteiger partial charge in [0.1, 0.15) is 0 Å². The number of rotatable bonds is 3. The van der Waals surface area contributed by atoms with Gasteiger partial charge < -0.3 is 5.11 Å². The second kappa shape index (κ2) is 5.36. The summed E-state index contributed by atoms with van der Waals surface area (Å²) in [4.78, 5) is 4.50. The third-order valence-electron chi connectivity index (χ3n) is 3.55. The standard InChI is InChI=1S/C16H15F2N3O/c1-9(2)15-11(7-10-3-4-12(17)13(18)8-10)16(22)21-14(20-15)5-6-19-21/h3-6,8-9,22H,7H2,1-2H3. The minimum absolute atomic E-state index is 0.0246. The van der Waals surface area contributed by atoms with Crippen LogP contribution in [0.25, 0.3) is 5.65 Å². The van der Waals surface area contributed by atoms with Gasteiger partial charge in [-0.25, -0.2) is 13.8 Å². The van der Waals surface area contributed by atoms with Crippen molar-refractivity contribution in [2.24, 2.45) is 0 Å². The first kappa shape index (κ1) is 14.4. The van der Waals surface area contributed by atoms with E-state index in [1.54, 1.807) is 12.3 Å². The first-order valence-electron chi connectivity index (χ1n) is 6.96. The number of halogens is 2. The number of fused-ring (bicyclic) bond motifs is 1. The summed E-state index contributed by atoms with van der Waals surface area (Å²) in [5.74, 6) is -1.75. The molecule has 0 spiro atoms. The van der Waals surface area contributed by atoms with Gasteiger partial charge in [0, 0.05) is 18.1 Å². The van der Waals surface area contributed by atoms with Crippen molar-refractivity contribution in [3.63, 3.8) is 0 Å². The molecule has 22 heavy (non-hydrogen) atoms. The zero-order valence-electron chi connectivity index (χ0n) is 12.2. The average Bonchev–Trinajstić information content (AvgIpc) is 2.94. The van der Waals surface area contributed by atoms with Crippen LogP contribution in [0.5, 0.6) is 5.88 Å². The number of aromatic nitrogens is 3. The summed E-state index contributed by atoms with van der Waals surface area (Å²) in [7, 11) is 0. The minimum Gasteiger partial charge on any atom is -0.493 e. The molecule has 1 N–H and O–H groups in total. The zero-order chi connectivity index (χ0) is 15.9. The predicted molar refractivity (Wildman–Crippen MR) is 77.9 cm³/mol. The molecule has 0 atom stereocenters. The number of hydrogen-bond acceptors (Lipinski definition) is 3. The topological polar surface area (TPSA) is 50.4 Å². The number of benzene rings is 1. The zero-order valence-corrected chi connectivity index (χ0v) is 12.2. The molecule has 0 saturated heterocycles. The number of hydrogen-bond donors (Lipinski definition) is 1. The summed E-state index contributed by atoms with van der Waals surface area (Å²) in [5, 5.41) is 14.5. The fourth-order valence-electron chi connectivity index (χ4n) is 2.48. The molecule has 0 saturated carbocycles. The Hall–Kier alpha value is -2.50. The molecule has 0 fully saturated rings. The Morgan fingerprint density at radius 2 is 1.95 bits per heavy atom. The number of nitrogens with zero attached hydrogens (tertiary/aromatic N) is 3. The highest BCUT2D eigenvalue weighted by Gasteiger charge is 2.18. The van der Waals surface area contributed by atoms with Crippen molar-refractivity contribution in [2.45, 2.75) is 26.2 Å². The molecule has 6 heteroatoms. The highest BCUT2D eigenvalue weighted by Crippen LogP contribution is 2.29. The third-order valence-corrected chi connectivity index (χ3v) is 3.55. The summed E-state index contributed by atoms with van der Waals surface area (Å²) in [6.45, 7) is 3.92. The summed E-state index contributed by atoms with van der Waals surface area (Å²) in [5.41, 5.74) is 2.40. The smallest absolute Gasteiger partial charge is 0.219 e.